The number of aryl methyl sites for hydroxylation is 1. The molecule has 4 nitrogen and oxygen atoms in total. The number of anilines is 2. The van der Waals surface area contributed by atoms with E-state index in [1.807, 2.05) is 24.9 Å². The van der Waals surface area contributed by atoms with Crippen molar-refractivity contribution in [3.05, 3.63) is 11.8 Å². The van der Waals surface area contributed by atoms with Gasteiger partial charge in [-0.2, -0.15) is 16.7 Å². The van der Waals surface area contributed by atoms with Crippen LogP contribution in [0.4, 0.5) is 11.8 Å². The van der Waals surface area contributed by atoms with E-state index in [1.165, 1.54) is 5.75 Å². The minimum absolute atomic E-state index is 0.713. The van der Waals surface area contributed by atoms with Crippen LogP contribution in [-0.4, -0.2) is 35.1 Å². The van der Waals surface area contributed by atoms with Gasteiger partial charge in [-0.15, -0.1) is 0 Å². The molecule has 5 heteroatoms. The highest BCUT2D eigenvalue weighted by Gasteiger charge is 2.02. The minimum Gasteiger partial charge on any atom is -0.370 e. The maximum atomic E-state index is 4.47. The van der Waals surface area contributed by atoms with E-state index in [4.69, 9.17) is 0 Å². The Morgan fingerprint density at radius 2 is 2.12 bits per heavy atom. The molecule has 0 radical (unpaired) electrons. The molecule has 0 amide bonds. The molecule has 2 N–H and O–H groups in total. The van der Waals surface area contributed by atoms with Crippen LogP contribution in [0, 0.1) is 6.92 Å². The molecule has 0 aliphatic heterocycles. The lowest BCUT2D eigenvalue weighted by molar-refractivity contribution is 0.938. The molecule has 0 aliphatic carbocycles. The predicted molar refractivity (Wildman–Crippen MR) is 77.0 cm³/mol. The molecule has 0 atom stereocenters. The zero-order valence-electron chi connectivity index (χ0n) is 10.9. The standard InChI is InChI=1S/C12H22N4S/c1-4-6-14-12-15-9-10(2)11(16-12)13-7-5-8-17-3/h9H,4-8H2,1-3H3,(H2,13,14,15,16). The monoisotopic (exact) mass is 254 g/mol. The predicted octanol–water partition coefficient (Wildman–Crippen LogP) is 2.77. The van der Waals surface area contributed by atoms with E-state index in [2.05, 4.69) is 33.8 Å². The van der Waals surface area contributed by atoms with Crippen LogP contribution in [0.3, 0.4) is 0 Å². The van der Waals surface area contributed by atoms with Gasteiger partial charge in [0, 0.05) is 24.8 Å². The van der Waals surface area contributed by atoms with Gasteiger partial charge in [-0.25, -0.2) is 4.98 Å². The molecule has 96 valence electrons. The molecule has 0 spiro atoms. The maximum Gasteiger partial charge on any atom is 0.224 e. The Bertz CT molecular complexity index is 330. The fraction of sp³-hybridized carbons (Fsp3) is 0.667. The molecule has 0 saturated carbocycles. The highest BCUT2D eigenvalue weighted by atomic mass is 32.2. The van der Waals surface area contributed by atoms with Gasteiger partial charge in [0.1, 0.15) is 5.82 Å². The molecule has 0 saturated heterocycles. The van der Waals surface area contributed by atoms with Gasteiger partial charge in [0.15, 0.2) is 0 Å². The second-order valence-electron chi connectivity index (χ2n) is 3.93. The summed E-state index contributed by atoms with van der Waals surface area (Å²) in [6.45, 7) is 6.03. The van der Waals surface area contributed by atoms with Gasteiger partial charge in [-0.05, 0) is 31.8 Å². The lowest BCUT2D eigenvalue weighted by Gasteiger charge is -2.10. The second-order valence-corrected chi connectivity index (χ2v) is 4.91. The topological polar surface area (TPSA) is 49.8 Å². The van der Waals surface area contributed by atoms with Crippen molar-refractivity contribution in [1.29, 1.82) is 0 Å². The van der Waals surface area contributed by atoms with Gasteiger partial charge in [-0.3, -0.25) is 0 Å². The van der Waals surface area contributed by atoms with Gasteiger partial charge >= 0.3 is 0 Å². The second kappa shape index (κ2) is 8.17. The lowest BCUT2D eigenvalue weighted by atomic mass is 10.3. The SMILES string of the molecule is CCCNc1ncc(C)c(NCCCSC)n1. The molecule has 1 rings (SSSR count). The van der Waals surface area contributed by atoms with E-state index in [1.54, 1.807) is 0 Å². The maximum absolute atomic E-state index is 4.47. The van der Waals surface area contributed by atoms with Crippen molar-refractivity contribution in [3.63, 3.8) is 0 Å². The van der Waals surface area contributed by atoms with Crippen molar-refractivity contribution in [3.8, 4) is 0 Å². The van der Waals surface area contributed by atoms with Crippen LogP contribution in [0.2, 0.25) is 0 Å². The first-order chi connectivity index (χ1) is 8.27. The summed E-state index contributed by atoms with van der Waals surface area (Å²) in [6.07, 6.45) is 6.22. The summed E-state index contributed by atoms with van der Waals surface area (Å²) in [6, 6.07) is 0. The normalized spacial score (nSPS) is 10.3. The first-order valence-electron chi connectivity index (χ1n) is 6.08. The van der Waals surface area contributed by atoms with Gasteiger partial charge in [0.25, 0.3) is 0 Å². The highest BCUT2D eigenvalue weighted by molar-refractivity contribution is 7.98. The van der Waals surface area contributed by atoms with E-state index < -0.39 is 0 Å². The third-order valence-corrected chi connectivity index (χ3v) is 3.02. The Hall–Kier alpha value is -0.970. The van der Waals surface area contributed by atoms with Crippen molar-refractivity contribution in [2.24, 2.45) is 0 Å². The van der Waals surface area contributed by atoms with Crippen molar-refractivity contribution in [2.75, 3.05) is 35.7 Å². The van der Waals surface area contributed by atoms with E-state index >= 15 is 0 Å². The van der Waals surface area contributed by atoms with Crippen LogP contribution < -0.4 is 10.6 Å². The van der Waals surface area contributed by atoms with Gasteiger partial charge in [0.05, 0.1) is 0 Å². The summed E-state index contributed by atoms with van der Waals surface area (Å²) in [7, 11) is 0. The van der Waals surface area contributed by atoms with Gasteiger partial charge in [-0.1, -0.05) is 6.92 Å². The third-order valence-electron chi connectivity index (χ3n) is 2.32. The highest BCUT2D eigenvalue weighted by Crippen LogP contribution is 2.12. The molecular formula is C12H22N4S. The van der Waals surface area contributed by atoms with Crippen LogP contribution in [0.5, 0.6) is 0 Å². The molecule has 17 heavy (non-hydrogen) atoms. The number of rotatable bonds is 8. The summed E-state index contributed by atoms with van der Waals surface area (Å²) >= 11 is 1.87. The van der Waals surface area contributed by atoms with Crippen LogP contribution in [0.1, 0.15) is 25.3 Å². The van der Waals surface area contributed by atoms with Crippen LogP contribution in [0.25, 0.3) is 0 Å². The third kappa shape index (κ3) is 5.26. The van der Waals surface area contributed by atoms with Crippen molar-refractivity contribution in [1.82, 2.24) is 9.97 Å². The molecule has 0 bridgehead atoms. The smallest absolute Gasteiger partial charge is 0.224 e. The van der Waals surface area contributed by atoms with Crippen LogP contribution >= 0.6 is 11.8 Å². The van der Waals surface area contributed by atoms with Crippen molar-refractivity contribution < 1.29 is 0 Å². The number of hydrogen-bond donors (Lipinski definition) is 2. The average molecular weight is 254 g/mol. The molecular weight excluding hydrogens is 232 g/mol. The van der Waals surface area contributed by atoms with E-state index in [9.17, 15) is 0 Å². The molecule has 0 aromatic carbocycles. The van der Waals surface area contributed by atoms with Crippen LogP contribution in [-0.2, 0) is 0 Å². The summed E-state index contributed by atoms with van der Waals surface area (Å²) in [5, 5.41) is 6.56. The molecule has 0 fully saturated rings. The average Bonchev–Trinajstić information content (AvgIpc) is 2.35. The fourth-order valence-electron chi connectivity index (χ4n) is 1.37. The minimum atomic E-state index is 0.713. The first kappa shape index (κ1) is 14.1. The van der Waals surface area contributed by atoms with Gasteiger partial charge < -0.3 is 10.6 Å². The number of hydrogen-bond acceptors (Lipinski definition) is 5. The Kier molecular flexibility index (Phi) is 6.77. The zero-order chi connectivity index (χ0) is 12.5. The summed E-state index contributed by atoms with van der Waals surface area (Å²) in [5.74, 6) is 2.84. The summed E-state index contributed by atoms with van der Waals surface area (Å²) < 4.78 is 0. The molecule has 1 aromatic heterocycles. The lowest BCUT2D eigenvalue weighted by Crippen LogP contribution is -2.10. The Morgan fingerprint density at radius 3 is 2.82 bits per heavy atom. The number of aromatic nitrogens is 2. The van der Waals surface area contributed by atoms with Crippen molar-refractivity contribution >= 4 is 23.5 Å². The number of thioether (sulfide) groups is 1. The largest absolute Gasteiger partial charge is 0.370 e. The van der Waals surface area contributed by atoms with E-state index in [0.29, 0.717) is 5.95 Å². The Balaban J connectivity index is 2.50. The molecule has 0 aliphatic rings. The summed E-state index contributed by atoms with van der Waals surface area (Å²) in [4.78, 5) is 8.72. The molecule has 0 unspecified atom stereocenters. The quantitative estimate of drug-likeness (QED) is 0.699. The molecule has 1 heterocycles. The van der Waals surface area contributed by atoms with Crippen molar-refractivity contribution in [2.45, 2.75) is 26.7 Å². The first-order valence-corrected chi connectivity index (χ1v) is 7.47. The fourth-order valence-corrected chi connectivity index (χ4v) is 1.80. The van der Waals surface area contributed by atoms with Crippen LogP contribution in [0.15, 0.2) is 6.20 Å². The number of nitrogens with zero attached hydrogens (tertiary/aromatic N) is 2. The molecule has 1 aromatic rings. The Labute approximate surface area is 108 Å². The van der Waals surface area contributed by atoms with E-state index in [0.717, 1.165) is 37.3 Å². The zero-order valence-corrected chi connectivity index (χ0v) is 11.7. The van der Waals surface area contributed by atoms with Gasteiger partial charge in [0.2, 0.25) is 5.95 Å². The summed E-state index contributed by atoms with van der Waals surface area (Å²) in [5.41, 5.74) is 1.09. The number of nitrogens with one attached hydrogen (secondary N) is 2. The Morgan fingerprint density at radius 1 is 1.29 bits per heavy atom. The van der Waals surface area contributed by atoms with E-state index in [-0.39, 0.29) is 0 Å².